The number of hydrogen-bond acceptors (Lipinski definition) is 2. The minimum atomic E-state index is -0.650. The molecule has 0 saturated heterocycles. The Hall–Kier alpha value is -1.52. The molecule has 0 spiro atoms. The summed E-state index contributed by atoms with van der Waals surface area (Å²) in [6, 6.07) is 12.8. The molecule has 2 aromatic rings. The van der Waals surface area contributed by atoms with E-state index in [4.69, 9.17) is 16.3 Å². The predicted molar refractivity (Wildman–Crippen MR) is 89.1 cm³/mol. The van der Waals surface area contributed by atoms with E-state index in [1.165, 1.54) is 0 Å². The van der Waals surface area contributed by atoms with E-state index in [1.807, 2.05) is 37.3 Å². The molecule has 1 unspecified atom stereocenters. The first-order chi connectivity index (χ1) is 9.97. The summed E-state index contributed by atoms with van der Waals surface area (Å²) < 4.78 is 6.50. The van der Waals surface area contributed by atoms with Crippen LogP contribution in [0.15, 0.2) is 46.9 Å². The molecule has 0 aliphatic carbocycles. The minimum absolute atomic E-state index is 0.226. The van der Waals surface area contributed by atoms with Gasteiger partial charge in [-0.1, -0.05) is 45.7 Å². The van der Waals surface area contributed by atoms with Gasteiger partial charge in [0.25, 0.3) is 5.91 Å². The lowest BCUT2D eigenvalue weighted by Gasteiger charge is -2.16. The number of carbonyl (C=O) groups is 1. The Morgan fingerprint density at radius 2 is 2.00 bits per heavy atom. The number of benzene rings is 2. The van der Waals surface area contributed by atoms with Crippen LogP contribution in [0.1, 0.15) is 12.5 Å². The Balaban J connectivity index is 2.06. The maximum Gasteiger partial charge on any atom is 0.265 e. The second-order valence-corrected chi connectivity index (χ2v) is 5.96. The van der Waals surface area contributed by atoms with Gasteiger partial charge in [0.05, 0.1) is 5.02 Å². The largest absolute Gasteiger partial charge is 0.479 e. The average molecular weight is 369 g/mol. The first-order valence-electron chi connectivity index (χ1n) is 6.45. The lowest BCUT2D eigenvalue weighted by atomic mass is 10.2. The molecule has 0 radical (unpaired) electrons. The van der Waals surface area contributed by atoms with Crippen LogP contribution in [0.5, 0.6) is 5.75 Å². The smallest absolute Gasteiger partial charge is 0.265 e. The van der Waals surface area contributed by atoms with Crippen LogP contribution >= 0.6 is 27.5 Å². The third kappa shape index (κ3) is 4.22. The van der Waals surface area contributed by atoms with Gasteiger partial charge in [0.2, 0.25) is 0 Å². The number of nitrogens with one attached hydrogen (secondary N) is 1. The fraction of sp³-hybridized carbons (Fsp3) is 0.188. The van der Waals surface area contributed by atoms with Crippen molar-refractivity contribution in [1.82, 2.24) is 0 Å². The van der Waals surface area contributed by atoms with Crippen molar-refractivity contribution >= 4 is 39.1 Å². The van der Waals surface area contributed by atoms with E-state index in [9.17, 15) is 4.79 Å². The molecule has 110 valence electrons. The lowest BCUT2D eigenvalue weighted by molar-refractivity contribution is -0.122. The van der Waals surface area contributed by atoms with Crippen LogP contribution in [-0.2, 0) is 4.79 Å². The Kier molecular flexibility index (Phi) is 5.26. The molecule has 2 rings (SSSR count). The van der Waals surface area contributed by atoms with Crippen molar-refractivity contribution in [2.24, 2.45) is 0 Å². The van der Waals surface area contributed by atoms with Crippen LogP contribution in [0.3, 0.4) is 0 Å². The summed E-state index contributed by atoms with van der Waals surface area (Å²) in [5, 5.41) is 3.34. The zero-order chi connectivity index (χ0) is 15.4. The molecule has 1 atom stereocenters. The molecule has 0 aliphatic rings. The fourth-order valence-corrected chi connectivity index (χ4v) is 2.29. The second-order valence-electron chi connectivity index (χ2n) is 4.64. The molecule has 1 amide bonds. The number of rotatable bonds is 4. The van der Waals surface area contributed by atoms with Crippen LogP contribution in [0, 0.1) is 6.92 Å². The van der Waals surface area contributed by atoms with Crippen molar-refractivity contribution in [1.29, 1.82) is 0 Å². The maximum absolute atomic E-state index is 12.2. The summed E-state index contributed by atoms with van der Waals surface area (Å²) in [6.07, 6.45) is -0.650. The van der Waals surface area contributed by atoms with Gasteiger partial charge in [-0.2, -0.15) is 0 Å². The second kappa shape index (κ2) is 6.96. The van der Waals surface area contributed by atoms with E-state index < -0.39 is 6.10 Å². The molecule has 3 nitrogen and oxygen atoms in total. The summed E-state index contributed by atoms with van der Waals surface area (Å²) in [5.74, 6) is 0.268. The summed E-state index contributed by atoms with van der Waals surface area (Å²) >= 11 is 9.40. The average Bonchev–Trinajstić information content (AvgIpc) is 2.45. The summed E-state index contributed by atoms with van der Waals surface area (Å²) in [5.41, 5.74) is 1.74. The molecule has 0 fully saturated rings. The van der Waals surface area contributed by atoms with E-state index in [0.717, 1.165) is 15.7 Å². The van der Waals surface area contributed by atoms with Gasteiger partial charge in [0.15, 0.2) is 6.10 Å². The van der Waals surface area contributed by atoms with E-state index >= 15 is 0 Å². The Bertz CT molecular complexity index is 660. The summed E-state index contributed by atoms with van der Waals surface area (Å²) in [6.45, 7) is 3.62. The van der Waals surface area contributed by atoms with Crippen molar-refractivity contribution < 1.29 is 9.53 Å². The summed E-state index contributed by atoms with van der Waals surface area (Å²) in [4.78, 5) is 12.2. The molecule has 0 aromatic heterocycles. The zero-order valence-electron chi connectivity index (χ0n) is 11.7. The monoisotopic (exact) mass is 367 g/mol. The number of carbonyl (C=O) groups excluding carboxylic acids is 1. The van der Waals surface area contributed by atoms with Crippen LogP contribution in [-0.4, -0.2) is 12.0 Å². The SMILES string of the molecule is Cc1ccc(Br)cc1NC(=O)C(C)Oc1ccccc1Cl. The number of aryl methyl sites for hydroxylation is 1. The highest BCUT2D eigenvalue weighted by molar-refractivity contribution is 9.10. The van der Waals surface area contributed by atoms with E-state index in [-0.39, 0.29) is 5.91 Å². The van der Waals surface area contributed by atoms with Gasteiger partial charge in [-0.3, -0.25) is 4.79 Å². The molecule has 0 heterocycles. The van der Waals surface area contributed by atoms with Crippen LogP contribution in [0.25, 0.3) is 0 Å². The van der Waals surface area contributed by atoms with E-state index in [1.54, 1.807) is 19.1 Å². The van der Waals surface area contributed by atoms with E-state index in [0.29, 0.717) is 10.8 Å². The molecule has 2 aromatic carbocycles. The van der Waals surface area contributed by atoms with Crippen molar-refractivity contribution in [3.8, 4) is 5.75 Å². The minimum Gasteiger partial charge on any atom is -0.479 e. The topological polar surface area (TPSA) is 38.3 Å². The first kappa shape index (κ1) is 15.9. The quantitative estimate of drug-likeness (QED) is 0.840. The van der Waals surface area contributed by atoms with Crippen molar-refractivity contribution in [3.63, 3.8) is 0 Å². The van der Waals surface area contributed by atoms with Crippen molar-refractivity contribution in [2.75, 3.05) is 5.32 Å². The van der Waals surface area contributed by atoms with Crippen LogP contribution in [0.2, 0.25) is 5.02 Å². The molecule has 5 heteroatoms. The van der Waals surface area contributed by atoms with Crippen LogP contribution < -0.4 is 10.1 Å². The number of para-hydroxylation sites is 1. The van der Waals surface area contributed by atoms with Gasteiger partial charge in [-0.05, 0) is 43.7 Å². The normalized spacial score (nSPS) is 11.8. The van der Waals surface area contributed by atoms with E-state index in [2.05, 4.69) is 21.2 Å². The number of hydrogen-bond donors (Lipinski definition) is 1. The van der Waals surface area contributed by atoms with Gasteiger partial charge in [0.1, 0.15) is 5.75 Å². The van der Waals surface area contributed by atoms with Gasteiger partial charge < -0.3 is 10.1 Å². The third-order valence-electron chi connectivity index (χ3n) is 2.97. The molecule has 0 bridgehead atoms. The molecule has 0 saturated carbocycles. The maximum atomic E-state index is 12.2. The molecule has 0 aliphatic heterocycles. The Labute approximate surface area is 137 Å². The van der Waals surface area contributed by atoms with Gasteiger partial charge >= 0.3 is 0 Å². The summed E-state index contributed by atoms with van der Waals surface area (Å²) in [7, 11) is 0. The van der Waals surface area contributed by atoms with Gasteiger partial charge in [-0.25, -0.2) is 0 Å². The highest BCUT2D eigenvalue weighted by Crippen LogP contribution is 2.25. The first-order valence-corrected chi connectivity index (χ1v) is 7.62. The third-order valence-corrected chi connectivity index (χ3v) is 3.77. The Morgan fingerprint density at radius 3 is 2.71 bits per heavy atom. The highest BCUT2D eigenvalue weighted by Gasteiger charge is 2.17. The van der Waals surface area contributed by atoms with Crippen molar-refractivity contribution in [3.05, 3.63) is 57.5 Å². The molecular formula is C16H15BrClNO2. The van der Waals surface area contributed by atoms with Crippen LogP contribution in [0.4, 0.5) is 5.69 Å². The highest BCUT2D eigenvalue weighted by atomic mass is 79.9. The van der Waals surface area contributed by atoms with Gasteiger partial charge in [0, 0.05) is 10.2 Å². The molecule has 1 N–H and O–H groups in total. The lowest BCUT2D eigenvalue weighted by Crippen LogP contribution is -2.30. The Morgan fingerprint density at radius 1 is 1.29 bits per heavy atom. The number of amides is 1. The number of halogens is 2. The van der Waals surface area contributed by atoms with Crippen molar-refractivity contribution in [2.45, 2.75) is 20.0 Å². The number of ether oxygens (including phenoxy) is 1. The standard InChI is InChI=1S/C16H15BrClNO2/c1-10-7-8-12(17)9-14(10)19-16(20)11(2)21-15-6-4-3-5-13(15)18/h3-9,11H,1-2H3,(H,19,20). The fourth-order valence-electron chi connectivity index (χ4n) is 1.75. The molecule has 21 heavy (non-hydrogen) atoms. The predicted octanol–water partition coefficient (Wildman–Crippen LogP) is 4.82. The van der Waals surface area contributed by atoms with Gasteiger partial charge in [-0.15, -0.1) is 0 Å². The number of anilines is 1. The molecular weight excluding hydrogens is 354 g/mol. The zero-order valence-corrected chi connectivity index (χ0v) is 14.0.